The third-order valence-corrected chi connectivity index (χ3v) is 5.83. The molecule has 7 heteroatoms. The van der Waals surface area contributed by atoms with E-state index in [1.54, 1.807) is 7.11 Å². The van der Waals surface area contributed by atoms with Crippen LogP contribution < -0.4 is 15.5 Å². The van der Waals surface area contributed by atoms with Gasteiger partial charge >= 0.3 is 6.09 Å². The van der Waals surface area contributed by atoms with Crippen LogP contribution in [0.3, 0.4) is 0 Å². The number of ether oxygens (including phenoxy) is 1. The van der Waals surface area contributed by atoms with E-state index in [0.29, 0.717) is 25.2 Å². The maximum Gasteiger partial charge on any atom is 0.405 e. The van der Waals surface area contributed by atoms with Gasteiger partial charge in [0.1, 0.15) is 0 Å². The zero-order valence-electron chi connectivity index (χ0n) is 14.7. The van der Waals surface area contributed by atoms with E-state index in [-0.39, 0.29) is 12.1 Å². The average molecular weight is 346 g/mol. The van der Waals surface area contributed by atoms with Gasteiger partial charge in [0.2, 0.25) is 0 Å². The first-order valence-electron chi connectivity index (χ1n) is 8.93. The highest BCUT2D eigenvalue weighted by Gasteiger charge is 2.37. The minimum absolute atomic E-state index is 0.125. The number of nitrogens with one attached hydrogen (secondary N) is 2. The monoisotopic (exact) mass is 346 g/mol. The van der Waals surface area contributed by atoms with E-state index < -0.39 is 6.09 Å². The third-order valence-electron chi connectivity index (χ3n) is 5.83. The number of benzene rings is 1. The first-order valence-corrected chi connectivity index (χ1v) is 8.93. The fourth-order valence-electron chi connectivity index (χ4n) is 4.49. The molecule has 4 rings (SSSR count). The van der Waals surface area contributed by atoms with E-state index in [9.17, 15) is 4.79 Å². The quantitative estimate of drug-likeness (QED) is 0.758. The lowest BCUT2D eigenvalue weighted by Crippen LogP contribution is -2.48. The largest absolute Gasteiger partial charge is 0.465 e. The van der Waals surface area contributed by atoms with E-state index in [2.05, 4.69) is 45.6 Å². The molecule has 7 nitrogen and oxygen atoms in total. The minimum atomic E-state index is -0.999. The van der Waals surface area contributed by atoms with Crippen molar-refractivity contribution in [2.75, 3.05) is 38.2 Å². The summed E-state index contributed by atoms with van der Waals surface area (Å²) in [5.74, 6) is 0. The molecule has 3 aliphatic heterocycles. The number of anilines is 1. The zero-order chi connectivity index (χ0) is 17.6. The van der Waals surface area contributed by atoms with Gasteiger partial charge in [-0.25, -0.2) is 4.79 Å². The van der Waals surface area contributed by atoms with Crippen LogP contribution in [0.15, 0.2) is 18.2 Å². The highest BCUT2D eigenvalue weighted by molar-refractivity contribution is 5.65. The molecule has 0 unspecified atom stereocenters. The van der Waals surface area contributed by atoms with Gasteiger partial charge in [0.05, 0.1) is 12.1 Å². The number of fused-ring (bicyclic) bond motifs is 3. The van der Waals surface area contributed by atoms with E-state index >= 15 is 0 Å². The summed E-state index contributed by atoms with van der Waals surface area (Å²) in [4.78, 5) is 15.8. The van der Waals surface area contributed by atoms with Crippen molar-refractivity contribution in [1.29, 1.82) is 0 Å². The van der Waals surface area contributed by atoms with Crippen molar-refractivity contribution in [1.82, 2.24) is 15.5 Å². The number of methoxy groups -OCH3 is 1. The molecular weight excluding hydrogens is 320 g/mol. The summed E-state index contributed by atoms with van der Waals surface area (Å²) in [6.07, 6.45) is -1.12. The lowest BCUT2D eigenvalue weighted by atomic mass is 10.0. The highest BCUT2D eigenvalue weighted by Crippen LogP contribution is 2.38. The van der Waals surface area contributed by atoms with Crippen LogP contribution in [0, 0.1) is 0 Å². The Bertz CT molecular complexity index is 668. The maximum absolute atomic E-state index is 11.0. The van der Waals surface area contributed by atoms with Crippen LogP contribution in [-0.2, 0) is 11.3 Å². The number of carbonyl (C=O) groups is 1. The topological polar surface area (TPSA) is 77.1 Å². The van der Waals surface area contributed by atoms with Crippen LogP contribution in [0.25, 0.3) is 0 Å². The Balaban J connectivity index is 1.54. The van der Waals surface area contributed by atoms with E-state index in [1.807, 2.05) is 0 Å². The van der Waals surface area contributed by atoms with Gasteiger partial charge in [0.25, 0.3) is 0 Å². The second-order valence-electron chi connectivity index (χ2n) is 7.31. The number of rotatable bonds is 3. The smallest absolute Gasteiger partial charge is 0.405 e. The molecule has 0 aromatic heterocycles. The van der Waals surface area contributed by atoms with Gasteiger partial charge in [-0.2, -0.15) is 0 Å². The molecule has 0 spiro atoms. The van der Waals surface area contributed by atoms with Gasteiger partial charge in [-0.15, -0.1) is 0 Å². The summed E-state index contributed by atoms with van der Waals surface area (Å²) < 4.78 is 5.48. The number of hydrogen-bond donors (Lipinski definition) is 3. The number of hydrogen-bond acceptors (Lipinski definition) is 5. The molecular formula is C18H26N4O3. The van der Waals surface area contributed by atoms with Gasteiger partial charge in [-0.3, -0.25) is 4.90 Å². The molecule has 0 bridgehead atoms. The fraction of sp³-hybridized carbons (Fsp3) is 0.611. The lowest BCUT2D eigenvalue weighted by Gasteiger charge is -2.36. The molecule has 0 radical (unpaired) electrons. The Labute approximate surface area is 147 Å². The molecule has 3 N–H and O–H groups in total. The second kappa shape index (κ2) is 6.48. The molecule has 3 aliphatic rings. The SMILES string of the molecule is CO[C@@H]1CN(c2ccc3c(c2)CN2[C@H](C)CNC[C@H]32)C[C@H]1NC(=O)O. The maximum atomic E-state index is 11.0. The summed E-state index contributed by atoms with van der Waals surface area (Å²) in [7, 11) is 1.64. The van der Waals surface area contributed by atoms with Gasteiger partial charge in [-0.1, -0.05) is 6.07 Å². The molecule has 2 fully saturated rings. The van der Waals surface area contributed by atoms with Crippen molar-refractivity contribution in [3.05, 3.63) is 29.3 Å². The number of carboxylic acid groups (broad SMARTS) is 1. The van der Waals surface area contributed by atoms with Crippen LogP contribution in [0.2, 0.25) is 0 Å². The molecule has 2 saturated heterocycles. The third kappa shape index (κ3) is 2.96. The molecule has 4 atom stereocenters. The number of piperazine rings is 1. The summed E-state index contributed by atoms with van der Waals surface area (Å²) >= 11 is 0. The van der Waals surface area contributed by atoms with E-state index in [4.69, 9.17) is 9.84 Å². The average Bonchev–Trinajstić information content (AvgIpc) is 3.16. The Morgan fingerprint density at radius 3 is 2.96 bits per heavy atom. The zero-order valence-corrected chi connectivity index (χ0v) is 14.7. The van der Waals surface area contributed by atoms with Crippen LogP contribution >= 0.6 is 0 Å². The van der Waals surface area contributed by atoms with Gasteiger partial charge < -0.3 is 25.4 Å². The Kier molecular flexibility index (Phi) is 4.31. The fourth-order valence-corrected chi connectivity index (χ4v) is 4.49. The van der Waals surface area contributed by atoms with Gasteiger partial charge in [0, 0.05) is 57.6 Å². The highest BCUT2D eigenvalue weighted by atomic mass is 16.5. The Morgan fingerprint density at radius 2 is 2.20 bits per heavy atom. The van der Waals surface area contributed by atoms with Crippen LogP contribution in [-0.4, -0.2) is 67.6 Å². The van der Waals surface area contributed by atoms with E-state index in [0.717, 1.165) is 25.3 Å². The molecule has 25 heavy (non-hydrogen) atoms. The lowest BCUT2D eigenvalue weighted by molar-refractivity contribution is 0.0949. The second-order valence-corrected chi connectivity index (χ2v) is 7.31. The molecule has 3 heterocycles. The number of nitrogens with zero attached hydrogens (tertiary/aromatic N) is 2. The first-order chi connectivity index (χ1) is 12.1. The van der Waals surface area contributed by atoms with Crippen molar-refractivity contribution < 1.29 is 14.6 Å². The Hall–Kier alpha value is -1.83. The van der Waals surface area contributed by atoms with Gasteiger partial charge in [0.15, 0.2) is 0 Å². The molecule has 0 saturated carbocycles. The molecule has 1 aromatic carbocycles. The Morgan fingerprint density at radius 1 is 1.36 bits per heavy atom. The molecule has 1 aromatic rings. The summed E-state index contributed by atoms with van der Waals surface area (Å²) in [6.45, 7) is 6.66. The van der Waals surface area contributed by atoms with Crippen molar-refractivity contribution in [2.45, 2.75) is 37.7 Å². The van der Waals surface area contributed by atoms with Crippen molar-refractivity contribution >= 4 is 11.8 Å². The molecule has 0 aliphatic carbocycles. The van der Waals surface area contributed by atoms with Crippen LogP contribution in [0.4, 0.5) is 10.5 Å². The normalized spacial score (nSPS) is 31.7. The summed E-state index contributed by atoms with van der Waals surface area (Å²) in [6, 6.07) is 7.50. The molecule has 1 amide bonds. The number of amides is 1. The van der Waals surface area contributed by atoms with Crippen molar-refractivity contribution in [3.63, 3.8) is 0 Å². The minimum Gasteiger partial charge on any atom is -0.465 e. The predicted molar refractivity (Wildman–Crippen MR) is 95.0 cm³/mol. The van der Waals surface area contributed by atoms with Crippen molar-refractivity contribution in [3.8, 4) is 0 Å². The van der Waals surface area contributed by atoms with Crippen LogP contribution in [0.5, 0.6) is 0 Å². The molecule has 136 valence electrons. The van der Waals surface area contributed by atoms with Gasteiger partial charge in [-0.05, 0) is 30.2 Å². The first kappa shape index (κ1) is 16.6. The van der Waals surface area contributed by atoms with E-state index in [1.165, 1.54) is 11.1 Å². The standard InChI is InChI=1S/C18H26N4O3/c1-11-6-19-7-16-14-4-3-13(5-12(14)8-22(11)16)21-9-15(20-18(23)24)17(10-21)25-2/h3-5,11,15-17,19-20H,6-10H2,1-2H3,(H,23,24)/t11-,15-,16-,17-/m1/s1. The summed E-state index contributed by atoms with van der Waals surface area (Å²) in [5.41, 5.74) is 3.96. The predicted octanol–water partition coefficient (Wildman–Crippen LogP) is 1.01. The van der Waals surface area contributed by atoms with Crippen molar-refractivity contribution in [2.24, 2.45) is 0 Å². The van der Waals surface area contributed by atoms with Crippen LogP contribution in [0.1, 0.15) is 24.1 Å². The summed E-state index contributed by atoms with van der Waals surface area (Å²) in [5, 5.41) is 15.1.